The van der Waals surface area contributed by atoms with Crippen LogP contribution in [0.4, 0.5) is 4.39 Å². The Morgan fingerprint density at radius 2 is 2.00 bits per heavy atom. The van der Waals surface area contributed by atoms with Crippen molar-refractivity contribution in [2.45, 2.75) is 18.4 Å². The summed E-state index contributed by atoms with van der Waals surface area (Å²) in [6.07, 6.45) is 1.22. The molecule has 82 valence electrons. The summed E-state index contributed by atoms with van der Waals surface area (Å²) in [5, 5.41) is 10.4. The Balaban J connectivity index is 2.22. The van der Waals surface area contributed by atoms with Gasteiger partial charge in [-0.25, -0.2) is 4.39 Å². The second-order valence-electron chi connectivity index (χ2n) is 4.16. The van der Waals surface area contributed by atoms with Gasteiger partial charge in [0.15, 0.2) is 0 Å². The standard InChI is InChI=1S/C12H15FNO/c1-14-7-5-12(15,6-8-14)10-3-2-4-11(13)9-10/h2-4,9,15H,1,5-8H2/q-1. The second kappa shape index (κ2) is 3.91. The lowest BCUT2D eigenvalue weighted by atomic mass is 9.84. The molecule has 2 rings (SSSR count). The summed E-state index contributed by atoms with van der Waals surface area (Å²) in [5.74, 6) is -0.294. The van der Waals surface area contributed by atoms with E-state index in [1.807, 2.05) is 4.90 Å². The van der Waals surface area contributed by atoms with Crippen molar-refractivity contribution in [2.75, 3.05) is 13.1 Å². The topological polar surface area (TPSA) is 23.5 Å². The van der Waals surface area contributed by atoms with E-state index in [2.05, 4.69) is 7.05 Å². The summed E-state index contributed by atoms with van der Waals surface area (Å²) < 4.78 is 13.0. The van der Waals surface area contributed by atoms with Gasteiger partial charge in [0.1, 0.15) is 5.82 Å². The fourth-order valence-corrected chi connectivity index (χ4v) is 1.99. The van der Waals surface area contributed by atoms with Crippen LogP contribution in [0.1, 0.15) is 18.4 Å². The largest absolute Gasteiger partial charge is 0.459 e. The first-order valence-corrected chi connectivity index (χ1v) is 5.14. The highest BCUT2D eigenvalue weighted by Crippen LogP contribution is 2.32. The molecule has 1 N–H and O–H groups in total. The van der Waals surface area contributed by atoms with Gasteiger partial charge in [-0.1, -0.05) is 12.1 Å². The van der Waals surface area contributed by atoms with E-state index in [1.165, 1.54) is 12.1 Å². The zero-order valence-corrected chi connectivity index (χ0v) is 8.62. The maximum absolute atomic E-state index is 13.0. The Bertz CT molecular complexity index is 345. The normalized spacial score (nSPS) is 21.5. The first-order chi connectivity index (χ1) is 7.10. The van der Waals surface area contributed by atoms with Crippen LogP contribution in [0.2, 0.25) is 0 Å². The van der Waals surface area contributed by atoms with E-state index in [9.17, 15) is 9.50 Å². The minimum atomic E-state index is -0.879. The lowest BCUT2D eigenvalue weighted by Gasteiger charge is -2.40. The van der Waals surface area contributed by atoms with Gasteiger partial charge in [0.2, 0.25) is 0 Å². The quantitative estimate of drug-likeness (QED) is 0.712. The molecule has 3 heteroatoms. The highest BCUT2D eigenvalue weighted by atomic mass is 19.1. The molecule has 1 heterocycles. The molecule has 1 aliphatic rings. The van der Waals surface area contributed by atoms with Crippen molar-refractivity contribution in [1.82, 2.24) is 4.90 Å². The van der Waals surface area contributed by atoms with Crippen LogP contribution in [0, 0.1) is 12.9 Å². The molecule has 1 aromatic rings. The highest BCUT2D eigenvalue weighted by molar-refractivity contribution is 5.24. The number of benzene rings is 1. The molecule has 1 saturated heterocycles. The van der Waals surface area contributed by atoms with E-state index >= 15 is 0 Å². The monoisotopic (exact) mass is 208 g/mol. The Morgan fingerprint density at radius 3 is 2.60 bits per heavy atom. The summed E-state index contributed by atoms with van der Waals surface area (Å²) in [5.41, 5.74) is -0.202. The molecule has 0 spiro atoms. The molecule has 0 unspecified atom stereocenters. The van der Waals surface area contributed by atoms with Gasteiger partial charge in [-0.3, -0.25) is 7.05 Å². The van der Waals surface area contributed by atoms with Crippen LogP contribution in [0.25, 0.3) is 0 Å². The summed E-state index contributed by atoms with van der Waals surface area (Å²) in [6.45, 7) is 1.49. The fourth-order valence-electron chi connectivity index (χ4n) is 1.99. The van der Waals surface area contributed by atoms with Gasteiger partial charge >= 0.3 is 0 Å². The molecule has 0 saturated carbocycles. The summed E-state index contributed by atoms with van der Waals surface area (Å²) in [6, 6.07) is 6.23. The third kappa shape index (κ3) is 2.19. The number of likely N-dealkylation sites (tertiary alicyclic amines) is 1. The number of piperidine rings is 1. The number of aliphatic hydroxyl groups is 1. The predicted molar refractivity (Wildman–Crippen MR) is 56.5 cm³/mol. The minimum absolute atomic E-state index is 0.294. The first kappa shape index (κ1) is 10.6. The van der Waals surface area contributed by atoms with E-state index in [-0.39, 0.29) is 5.82 Å². The van der Waals surface area contributed by atoms with Gasteiger partial charge in [-0.05, 0) is 43.6 Å². The van der Waals surface area contributed by atoms with E-state index < -0.39 is 5.60 Å². The zero-order chi connectivity index (χ0) is 10.9. The van der Waals surface area contributed by atoms with Crippen LogP contribution >= 0.6 is 0 Å². The summed E-state index contributed by atoms with van der Waals surface area (Å²) >= 11 is 0. The molecule has 2 nitrogen and oxygen atoms in total. The number of rotatable bonds is 1. The van der Waals surface area contributed by atoms with Crippen molar-refractivity contribution in [1.29, 1.82) is 0 Å². The molecule has 0 amide bonds. The second-order valence-corrected chi connectivity index (χ2v) is 4.16. The van der Waals surface area contributed by atoms with Gasteiger partial charge in [0, 0.05) is 0 Å². The minimum Gasteiger partial charge on any atom is -0.459 e. The summed E-state index contributed by atoms with van der Waals surface area (Å²) in [4.78, 5) is 1.92. The Hall–Kier alpha value is -0.930. The van der Waals surface area contributed by atoms with E-state index in [1.54, 1.807) is 12.1 Å². The maximum Gasteiger partial charge on any atom is 0.123 e. The highest BCUT2D eigenvalue weighted by Gasteiger charge is 2.31. The van der Waals surface area contributed by atoms with Crippen molar-refractivity contribution in [2.24, 2.45) is 0 Å². The molecule has 0 aliphatic carbocycles. The molecular weight excluding hydrogens is 193 g/mol. The van der Waals surface area contributed by atoms with E-state index in [4.69, 9.17) is 0 Å². The van der Waals surface area contributed by atoms with Crippen molar-refractivity contribution < 1.29 is 9.50 Å². The number of hydrogen-bond donors (Lipinski definition) is 1. The first-order valence-electron chi connectivity index (χ1n) is 5.14. The van der Waals surface area contributed by atoms with Gasteiger partial charge in [0.05, 0.1) is 5.60 Å². The Kier molecular flexibility index (Phi) is 2.76. The van der Waals surface area contributed by atoms with Gasteiger partial charge < -0.3 is 10.0 Å². The molecule has 0 atom stereocenters. The zero-order valence-electron chi connectivity index (χ0n) is 8.62. The smallest absolute Gasteiger partial charge is 0.123 e. The molecule has 15 heavy (non-hydrogen) atoms. The molecular formula is C12H15FNO-. The molecule has 0 bridgehead atoms. The molecule has 0 aromatic heterocycles. The average molecular weight is 208 g/mol. The van der Waals surface area contributed by atoms with Crippen molar-refractivity contribution in [3.05, 3.63) is 42.7 Å². The Morgan fingerprint density at radius 1 is 1.33 bits per heavy atom. The SMILES string of the molecule is [CH2-]N1CCC(O)(c2cccc(F)c2)CC1. The van der Waals surface area contributed by atoms with Crippen LogP contribution in [0.3, 0.4) is 0 Å². The lowest BCUT2D eigenvalue weighted by molar-refractivity contribution is -0.0170. The summed E-state index contributed by atoms with van der Waals surface area (Å²) in [7, 11) is 3.82. The van der Waals surface area contributed by atoms with Crippen LogP contribution < -0.4 is 0 Å². The van der Waals surface area contributed by atoms with E-state index in [0.29, 0.717) is 18.4 Å². The van der Waals surface area contributed by atoms with Crippen LogP contribution in [-0.2, 0) is 5.60 Å². The lowest BCUT2D eigenvalue weighted by Crippen LogP contribution is -2.39. The maximum atomic E-state index is 13.0. The third-order valence-corrected chi connectivity index (χ3v) is 3.05. The third-order valence-electron chi connectivity index (χ3n) is 3.05. The van der Waals surface area contributed by atoms with Gasteiger partial charge in [-0.15, -0.1) is 0 Å². The van der Waals surface area contributed by atoms with Crippen LogP contribution in [-0.4, -0.2) is 23.1 Å². The number of hydrogen-bond acceptors (Lipinski definition) is 2. The molecule has 1 fully saturated rings. The molecule has 1 aliphatic heterocycles. The Labute approximate surface area is 89.3 Å². The predicted octanol–water partition coefficient (Wildman–Crippen LogP) is 1.90. The fraction of sp³-hybridized carbons (Fsp3) is 0.417. The van der Waals surface area contributed by atoms with Crippen molar-refractivity contribution in [3.63, 3.8) is 0 Å². The van der Waals surface area contributed by atoms with E-state index in [0.717, 1.165) is 13.1 Å². The van der Waals surface area contributed by atoms with Crippen LogP contribution in [0.5, 0.6) is 0 Å². The molecule has 1 aromatic carbocycles. The van der Waals surface area contributed by atoms with Gasteiger partial charge in [-0.2, -0.15) is 0 Å². The van der Waals surface area contributed by atoms with Crippen molar-refractivity contribution >= 4 is 0 Å². The average Bonchev–Trinajstić information content (AvgIpc) is 2.23. The van der Waals surface area contributed by atoms with Gasteiger partial charge in [0.25, 0.3) is 0 Å². The van der Waals surface area contributed by atoms with Crippen LogP contribution in [0.15, 0.2) is 24.3 Å². The number of halogens is 1. The number of nitrogens with zero attached hydrogens (tertiary/aromatic N) is 1. The van der Waals surface area contributed by atoms with Crippen molar-refractivity contribution in [3.8, 4) is 0 Å². The molecule has 0 radical (unpaired) electrons.